The van der Waals surface area contributed by atoms with Crippen molar-refractivity contribution in [1.82, 2.24) is 10.2 Å². The zero-order chi connectivity index (χ0) is 18.8. The molecular weight excluding hydrogens is 342 g/mol. The Morgan fingerprint density at radius 2 is 1.93 bits per heavy atom. The van der Waals surface area contributed by atoms with E-state index in [1.165, 1.54) is 0 Å². The van der Waals surface area contributed by atoms with Crippen LogP contribution in [0.2, 0.25) is 0 Å². The van der Waals surface area contributed by atoms with Gasteiger partial charge in [-0.05, 0) is 60.9 Å². The second kappa shape index (κ2) is 6.99. The molecule has 136 valence electrons. The summed E-state index contributed by atoms with van der Waals surface area (Å²) in [5.41, 5.74) is 3.07. The number of allylic oxidation sites excluding steroid dienone is 1. The van der Waals surface area contributed by atoms with Crippen LogP contribution in [0.1, 0.15) is 16.8 Å². The Labute approximate surface area is 155 Å². The molecule has 0 saturated heterocycles. The minimum atomic E-state index is -0.166. The molecule has 0 fully saturated rings. The molecule has 27 heavy (non-hydrogen) atoms. The van der Waals surface area contributed by atoms with Crippen molar-refractivity contribution < 1.29 is 9.84 Å². The number of hydrogen-bond acceptors (Lipinski definition) is 4. The van der Waals surface area contributed by atoms with Crippen LogP contribution in [0.3, 0.4) is 0 Å². The Morgan fingerprint density at radius 1 is 1.11 bits per heavy atom. The highest BCUT2D eigenvalue weighted by Gasteiger charge is 2.10. The summed E-state index contributed by atoms with van der Waals surface area (Å²) in [6, 6.07) is 12.8. The van der Waals surface area contributed by atoms with Gasteiger partial charge in [0.15, 0.2) is 0 Å². The van der Waals surface area contributed by atoms with Gasteiger partial charge in [0, 0.05) is 10.9 Å². The van der Waals surface area contributed by atoms with Crippen LogP contribution >= 0.6 is 0 Å². The fourth-order valence-corrected chi connectivity index (χ4v) is 3.12. The molecule has 0 amide bonds. The quantitative estimate of drug-likeness (QED) is 0.645. The number of aryl methyl sites for hydroxylation is 2. The standard InChI is InChI=1S/C21H19N3O3/c1-27-17-7-9-19-14(11-17)10-15(22-19)12-18-20(23-24-21(18)26)8-4-13-2-5-16(25)6-3-13/h2-3,5-7,9-12,25H,4,8H2,1H3,(H2,23,24,26). The van der Waals surface area contributed by atoms with Gasteiger partial charge >= 0.3 is 0 Å². The summed E-state index contributed by atoms with van der Waals surface area (Å²) in [5.74, 6) is 1.02. The summed E-state index contributed by atoms with van der Waals surface area (Å²) in [5, 5.41) is 16.8. The van der Waals surface area contributed by atoms with Crippen molar-refractivity contribution in [2.24, 2.45) is 4.99 Å². The molecule has 0 atom stereocenters. The molecule has 0 saturated carbocycles. The maximum Gasteiger partial charge on any atom is 0.271 e. The fourth-order valence-electron chi connectivity index (χ4n) is 3.12. The molecule has 1 aromatic heterocycles. The highest BCUT2D eigenvalue weighted by atomic mass is 16.5. The summed E-state index contributed by atoms with van der Waals surface area (Å²) in [4.78, 5) is 16.8. The van der Waals surface area contributed by atoms with E-state index < -0.39 is 0 Å². The average Bonchev–Trinajstić information content (AvgIpc) is 3.24. The van der Waals surface area contributed by atoms with E-state index in [0.29, 0.717) is 12.0 Å². The van der Waals surface area contributed by atoms with E-state index in [1.54, 1.807) is 25.3 Å². The monoisotopic (exact) mass is 361 g/mol. The number of phenolic OH excluding ortho intramolecular Hbond substituents is 1. The number of phenols is 1. The minimum absolute atomic E-state index is 0.166. The topological polar surface area (TPSA) is 90.5 Å². The molecule has 4 rings (SSSR count). The number of aromatic amines is 2. The number of benzene rings is 2. The zero-order valence-electron chi connectivity index (χ0n) is 14.8. The molecule has 3 aromatic rings. The number of fused-ring (bicyclic) bond motifs is 1. The lowest BCUT2D eigenvalue weighted by molar-refractivity contribution is 0.414. The molecule has 6 heteroatoms. The first kappa shape index (κ1) is 16.9. The molecule has 0 bridgehead atoms. The van der Waals surface area contributed by atoms with Crippen molar-refractivity contribution in [3.8, 4) is 11.5 Å². The summed E-state index contributed by atoms with van der Waals surface area (Å²) in [6.45, 7) is 0. The number of aromatic nitrogens is 2. The van der Waals surface area contributed by atoms with Gasteiger partial charge in [-0.1, -0.05) is 12.1 Å². The molecule has 6 nitrogen and oxygen atoms in total. The van der Waals surface area contributed by atoms with Gasteiger partial charge in [-0.15, -0.1) is 0 Å². The Morgan fingerprint density at radius 3 is 2.70 bits per heavy atom. The maximum atomic E-state index is 12.2. The third-order valence-electron chi connectivity index (χ3n) is 4.58. The molecule has 1 aliphatic heterocycles. The largest absolute Gasteiger partial charge is 0.508 e. The first-order chi connectivity index (χ1) is 13.1. The molecule has 0 unspecified atom stereocenters. The molecule has 0 aliphatic carbocycles. The second-order valence-electron chi connectivity index (χ2n) is 6.39. The van der Waals surface area contributed by atoms with Crippen molar-refractivity contribution in [3.05, 3.63) is 85.9 Å². The minimum Gasteiger partial charge on any atom is -0.508 e. The maximum absolute atomic E-state index is 12.2. The van der Waals surface area contributed by atoms with E-state index in [-0.39, 0.29) is 11.3 Å². The van der Waals surface area contributed by atoms with Gasteiger partial charge in [0.25, 0.3) is 5.56 Å². The van der Waals surface area contributed by atoms with E-state index >= 15 is 0 Å². The van der Waals surface area contributed by atoms with Gasteiger partial charge in [0.05, 0.1) is 23.7 Å². The normalized spacial score (nSPS) is 13.9. The van der Waals surface area contributed by atoms with E-state index in [1.807, 2.05) is 36.4 Å². The van der Waals surface area contributed by atoms with Crippen LogP contribution in [0, 0.1) is 0 Å². The smallest absolute Gasteiger partial charge is 0.271 e. The first-order valence-corrected chi connectivity index (χ1v) is 8.66. The third-order valence-corrected chi connectivity index (χ3v) is 4.58. The number of ether oxygens (including phenoxy) is 1. The molecule has 2 aromatic carbocycles. The van der Waals surface area contributed by atoms with Crippen LogP contribution in [-0.2, 0) is 12.8 Å². The zero-order valence-corrected chi connectivity index (χ0v) is 14.8. The van der Waals surface area contributed by atoms with Gasteiger partial charge in [-0.3, -0.25) is 9.89 Å². The molecular formula is C21H19N3O3. The van der Waals surface area contributed by atoms with Crippen molar-refractivity contribution in [2.75, 3.05) is 7.11 Å². The lowest BCUT2D eigenvalue weighted by Gasteiger charge is -2.02. The van der Waals surface area contributed by atoms with Crippen LogP contribution < -0.4 is 20.9 Å². The van der Waals surface area contributed by atoms with E-state index in [9.17, 15) is 9.90 Å². The van der Waals surface area contributed by atoms with E-state index in [4.69, 9.17) is 4.74 Å². The Hall–Kier alpha value is -3.54. The van der Waals surface area contributed by atoms with Gasteiger partial charge < -0.3 is 14.9 Å². The van der Waals surface area contributed by atoms with Gasteiger partial charge in [0.1, 0.15) is 11.5 Å². The third kappa shape index (κ3) is 3.55. The number of aromatic hydroxyl groups is 1. The van der Waals surface area contributed by atoms with Crippen LogP contribution in [0.4, 0.5) is 0 Å². The molecule has 3 N–H and O–H groups in total. The molecule has 0 radical (unpaired) electrons. The van der Waals surface area contributed by atoms with Crippen molar-refractivity contribution >= 4 is 12.2 Å². The predicted octanol–water partition coefficient (Wildman–Crippen LogP) is 1.66. The highest BCUT2D eigenvalue weighted by molar-refractivity contribution is 5.66. The summed E-state index contributed by atoms with van der Waals surface area (Å²) in [7, 11) is 1.63. The number of methoxy groups -OCH3 is 1. The lowest BCUT2D eigenvalue weighted by atomic mass is 10.1. The molecule has 1 aliphatic rings. The van der Waals surface area contributed by atoms with E-state index in [0.717, 1.165) is 39.7 Å². The predicted molar refractivity (Wildman–Crippen MR) is 103 cm³/mol. The Balaban J connectivity index is 1.60. The van der Waals surface area contributed by atoms with Crippen LogP contribution in [-0.4, -0.2) is 22.4 Å². The molecule has 2 heterocycles. The summed E-state index contributed by atoms with van der Waals surface area (Å²) < 4.78 is 5.24. The number of rotatable bonds is 5. The van der Waals surface area contributed by atoms with Crippen LogP contribution in [0.5, 0.6) is 11.5 Å². The highest BCUT2D eigenvalue weighted by Crippen LogP contribution is 2.15. The summed E-state index contributed by atoms with van der Waals surface area (Å²) >= 11 is 0. The Bertz CT molecular complexity index is 1180. The van der Waals surface area contributed by atoms with E-state index in [2.05, 4.69) is 15.2 Å². The number of nitrogens with zero attached hydrogens (tertiary/aromatic N) is 1. The van der Waals surface area contributed by atoms with Crippen molar-refractivity contribution in [3.63, 3.8) is 0 Å². The average molecular weight is 361 g/mol. The van der Waals surface area contributed by atoms with Crippen molar-refractivity contribution in [2.45, 2.75) is 12.8 Å². The Kier molecular flexibility index (Phi) is 4.38. The SMILES string of the molecule is COc1ccc2c(c1)=CC(=Cc1c(CCc3ccc(O)cc3)[nH][nH]c1=O)N=2. The van der Waals surface area contributed by atoms with Gasteiger partial charge in [-0.25, -0.2) is 4.99 Å². The lowest BCUT2D eigenvalue weighted by Crippen LogP contribution is -2.20. The first-order valence-electron chi connectivity index (χ1n) is 8.66. The number of H-pyrrole nitrogens is 2. The van der Waals surface area contributed by atoms with Gasteiger partial charge in [0.2, 0.25) is 0 Å². The fraction of sp³-hybridized carbons (Fsp3) is 0.143. The molecule has 0 spiro atoms. The number of nitrogens with one attached hydrogen (secondary N) is 2. The summed E-state index contributed by atoms with van der Waals surface area (Å²) in [6.07, 6.45) is 5.16. The number of hydrogen-bond donors (Lipinski definition) is 3. The van der Waals surface area contributed by atoms with Crippen LogP contribution in [0.25, 0.3) is 12.2 Å². The van der Waals surface area contributed by atoms with Gasteiger partial charge in [-0.2, -0.15) is 0 Å². The van der Waals surface area contributed by atoms with Crippen LogP contribution in [0.15, 0.2) is 57.9 Å². The van der Waals surface area contributed by atoms with Crippen molar-refractivity contribution in [1.29, 1.82) is 0 Å². The second-order valence-corrected chi connectivity index (χ2v) is 6.39.